The van der Waals surface area contributed by atoms with Gasteiger partial charge in [-0.25, -0.2) is 9.50 Å². The zero-order chi connectivity index (χ0) is 26.3. The molecule has 0 radical (unpaired) electrons. The molecule has 1 atom stereocenters. The number of aromatic nitrogens is 5. The van der Waals surface area contributed by atoms with Gasteiger partial charge in [-0.05, 0) is 55.5 Å². The van der Waals surface area contributed by atoms with E-state index in [4.69, 9.17) is 10.8 Å². The van der Waals surface area contributed by atoms with Crippen LogP contribution in [0.2, 0.25) is 0 Å². The Bertz CT molecular complexity index is 1640. The summed E-state index contributed by atoms with van der Waals surface area (Å²) in [5.41, 5.74) is 12.6. The van der Waals surface area contributed by atoms with E-state index >= 15 is 0 Å². The van der Waals surface area contributed by atoms with E-state index < -0.39 is 0 Å². The minimum atomic E-state index is -0.0130. The molecule has 39 heavy (non-hydrogen) atoms. The van der Waals surface area contributed by atoms with E-state index in [9.17, 15) is 4.79 Å². The number of hydrogen-bond donors (Lipinski definition) is 2. The Kier molecular flexibility index (Phi) is 6.00. The molecule has 198 valence electrons. The van der Waals surface area contributed by atoms with E-state index in [1.807, 2.05) is 32.3 Å². The maximum absolute atomic E-state index is 12.9. The largest absolute Gasteiger partial charge is 0.382 e. The number of likely N-dealkylation sites (tertiary alicyclic amines) is 1. The Balaban J connectivity index is 1.18. The maximum Gasteiger partial charge on any atom is 0.239 e. The predicted octanol–water partition coefficient (Wildman–Crippen LogP) is 3.83. The third kappa shape index (κ3) is 4.42. The van der Waals surface area contributed by atoms with Crippen molar-refractivity contribution >= 4 is 28.1 Å². The van der Waals surface area contributed by atoms with Crippen molar-refractivity contribution in [2.45, 2.75) is 44.2 Å². The summed E-state index contributed by atoms with van der Waals surface area (Å²) in [5.74, 6) is 0.994. The summed E-state index contributed by atoms with van der Waals surface area (Å²) in [6.07, 6.45) is 7.42. The van der Waals surface area contributed by atoms with Crippen molar-refractivity contribution in [3.05, 3.63) is 78.4 Å². The molecule has 5 aromatic rings. The fraction of sp³-hybridized carbons (Fsp3) is 0.333. The molecular weight excluding hydrogens is 488 g/mol. The average molecular weight is 521 g/mol. The van der Waals surface area contributed by atoms with Gasteiger partial charge in [0.05, 0.1) is 18.1 Å². The van der Waals surface area contributed by atoms with E-state index in [-0.39, 0.29) is 17.9 Å². The van der Waals surface area contributed by atoms with Crippen LogP contribution in [0.3, 0.4) is 0 Å². The van der Waals surface area contributed by atoms with Crippen LogP contribution in [0, 0.1) is 0 Å². The molecule has 0 saturated carbocycles. The van der Waals surface area contributed by atoms with E-state index in [1.54, 1.807) is 0 Å². The van der Waals surface area contributed by atoms with Crippen LogP contribution in [0.1, 0.15) is 42.9 Å². The number of nitrogens with two attached hydrogens (primary N) is 1. The monoisotopic (exact) mass is 520 g/mol. The summed E-state index contributed by atoms with van der Waals surface area (Å²) >= 11 is 0. The van der Waals surface area contributed by atoms with Gasteiger partial charge in [0.2, 0.25) is 5.91 Å². The molecule has 2 aromatic carbocycles. The molecule has 5 heterocycles. The van der Waals surface area contributed by atoms with Crippen molar-refractivity contribution in [1.82, 2.24) is 34.6 Å². The quantitative estimate of drug-likeness (QED) is 0.365. The van der Waals surface area contributed by atoms with Gasteiger partial charge < -0.3 is 16.0 Å². The van der Waals surface area contributed by atoms with Crippen LogP contribution in [0.4, 0.5) is 5.82 Å². The first-order valence-electron chi connectivity index (χ1n) is 13.8. The smallest absolute Gasteiger partial charge is 0.239 e. The number of nitrogen functional groups attached to an aromatic ring is 1. The van der Waals surface area contributed by atoms with Crippen LogP contribution in [-0.2, 0) is 11.3 Å². The van der Waals surface area contributed by atoms with Crippen molar-refractivity contribution in [2.24, 2.45) is 0 Å². The van der Waals surface area contributed by atoms with Crippen LogP contribution in [0.5, 0.6) is 0 Å². The molecule has 0 bridgehead atoms. The molecule has 0 aliphatic carbocycles. The first-order chi connectivity index (χ1) is 19.1. The zero-order valence-corrected chi connectivity index (χ0v) is 21.8. The Morgan fingerprint density at radius 3 is 2.69 bits per heavy atom. The number of carbonyl (C=O) groups excluding carboxylic acids is 1. The SMILES string of the molecule is Nc1ncnn2c(C3CCN(C(=O)[C@@H]4CCCN4)CC3)cc(-c3ccc4cn(Cc5ccccc5)nc4c3)c12. The number of carbonyl (C=O) groups is 1. The molecule has 2 aliphatic heterocycles. The number of piperidine rings is 1. The maximum atomic E-state index is 12.9. The number of anilines is 1. The van der Waals surface area contributed by atoms with Gasteiger partial charge in [0.15, 0.2) is 5.82 Å². The fourth-order valence-electron chi connectivity index (χ4n) is 6.20. The minimum Gasteiger partial charge on any atom is -0.382 e. The summed E-state index contributed by atoms with van der Waals surface area (Å²) in [6.45, 7) is 3.18. The molecule has 9 nitrogen and oxygen atoms in total. The van der Waals surface area contributed by atoms with Gasteiger partial charge >= 0.3 is 0 Å². The van der Waals surface area contributed by atoms with Gasteiger partial charge in [0.1, 0.15) is 11.8 Å². The Morgan fingerprint density at radius 2 is 1.90 bits per heavy atom. The third-order valence-corrected chi connectivity index (χ3v) is 8.25. The van der Waals surface area contributed by atoms with E-state index in [0.717, 1.165) is 85.1 Å². The lowest BCUT2D eigenvalue weighted by molar-refractivity contribution is -0.134. The Morgan fingerprint density at radius 1 is 1.05 bits per heavy atom. The first-order valence-corrected chi connectivity index (χ1v) is 13.8. The number of rotatable bonds is 5. The van der Waals surface area contributed by atoms with Crippen LogP contribution < -0.4 is 11.1 Å². The number of fused-ring (bicyclic) bond motifs is 2. The third-order valence-electron chi connectivity index (χ3n) is 8.25. The normalized spacial score (nSPS) is 18.4. The van der Waals surface area contributed by atoms with Gasteiger partial charge in [-0.2, -0.15) is 10.2 Å². The molecule has 3 aromatic heterocycles. The van der Waals surface area contributed by atoms with Crippen LogP contribution >= 0.6 is 0 Å². The number of nitrogens with zero attached hydrogens (tertiary/aromatic N) is 6. The fourth-order valence-corrected chi connectivity index (χ4v) is 6.20. The molecule has 2 fully saturated rings. The molecule has 7 rings (SSSR count). The van der Waals surface area contributed by atoms with Crippen LogP contribution in [-0.4, -0.2) is 60.9 Å². The number of hydrogen-bond acceptors (Lipinski definition) is 6. The van der Waals surface area contributed by atoms with E-state index in [0.29, 0.717) is 5.82 Å². The van der Waals surface area contributed by atoms with Crippen LogP contribution in [0.25, 0.3) is 27.5 Å². The lowest BCUT2D eigenvalue weighted by Gasteiger charge is -2.33. The highest BCUT2D eigenvalue weighted by molar-refractivity contribution is 5.92. The summed E-state index contributed by atoms with van der Waals surface area (Å²) in [7, 11) is 0. The standard InChI is InChI=1S/C30H32N8O/c31-29-28-24(22-8-9-23-18-37(35-26(23)15-22)17-20-5-2-1-3-6-20)16-27(38(28)34-19-33-29)21-10-13-36(14-11-21)30(39)25-7-4-12-32-25/h1-3,5-6,8-9,15-16,18-19,21,25,32H,4,7,10-14,17H2,(H2,31,33,34)/t25-/m0/s1. The summed E-state index contributed by atoms with van der Waals surface area (Å²) < 4.78 is 3.94. The molecule has 2 aliphatic rings. The van der Waals surface area contributed by atoms with Crippen molar-refractivity contribution < 1.29 is 4.79 Å². The number of nitrogens with one attached hydrogen (secondary N) is 1. The van der Waals surface area contributed by atoms with Crippen molar-refractivity contribution in [2.75, 3.05) is 25.4 Å². The Hall–Kier alpha value is -4.24. The summed E-state index contributed by atoms with van der Waals surface area (Å²) in [5, 5.41) is 13.9. The molecule has 9 heteroatoms. The molecule has 0 unspecified atom stereocenters. The summed E-state index contributed by atoms with van der Waals surface area (Å²) in [4.78, 5) is 19.3. The second kappa shape index (κ2) is 9.81. The highest BCUT2D eigenvalue weighted by Crippen LogP contribution is 2.37. The van der Waals surface area contributed by atoms with E-state index in [1.165, 1.54) is 11.9 Å². The lowest BCUT2D eigenvalue weighted by Crippen LogP contribution is -2.46. The Labute approximate surface area is 226 Å². The highest BCUT2D eigenvalue weighted by Gasteiger charge is 2.32. The number of amides is 1. The molecular formula is C30H32N8O. The average Bonchev–Trinajstić information content (AvgIpc) is 3.72. The van der Waals surface area contributed by atoms with Crippen LogP contribution in [0.15, 0.2) is 67.1 Å². The summed E-state index contributed by atoms with van der Waals surface area (Å²) in [6, 6.07) is 18.9. The molecule has 3 N–H and O–H groups in total. The van der Waals surface area contributed by atoms with Gasteiger partial charge in [-0.1, -0.05) is 42.5 Å². The molecule has 1 amide bonds. The highest BCUT2D eigenvalue weighted by atomic mass is 16.2. The van der Waals surface area contributed by atoms with Gasteiger partial charge in [-0.15, -0.1) is 0 Å². The predicted molar refractivity (Wildman–Crippen MR) is 151 cm³/mol. The molecule has 0 spiro atoms. The molecule has 2 saturated heterocycles. The number of benzene rings is 2. The topological polar surface area (TPSA) is 106 Å². The van der Waals surface area contributed by atoms with Crippen molar-refractivity contribution in [3.63, 3.8) is 0 Å². The zero-order valence-electron chi connectivity index (χ0n) is 21.8. The first kappa shape index (κ1) is 23.8. The van der Waals surface area contributed by atoms with Crippen molar-refractivity contribution in [3.8, 4) is 11.1 Å². The lowest BCUT2D eigenvalue weighted by atomic mass is 9.92. The van der Waals surface area contributed by atoms with Gasteiger partial charge in [0, 0.05) is 41.8 Å². The van der Waals surface area contributed by atoms with Gasteiger partial charge in [0.25, 0.3) is 0 Å². The second-order valence-electron chi connectivity index (χ2n) is 10.7. The second-order valence-corrected chi connectivity index (χ2v) is 10.7. The minimum absolute atomic E-state index is 0.0130. The van der Waals surface area contributed by atoms with E-state index in [2.05, 4.69) is 58.0 Å². The van der Waals surface area contributed by atoms with Crippen molar-refractivity contribution in [1.29, 1.82) is 0 Å². The van der Waals surface area contributed by atoms with Gasteiger partial charge in [-0.3, -0.25) is 9.48 Å².